The van der Waals surface area contributed by atoms with E-state index in [4.69, 9.17) is 10.5 Å². The van der Waals surface area contributed by atoms with Gasteiger partial charge < -0.3 is 19.9 Å². The van der Waals surface area contributed by atoms with Gasteiger partial charge in [0.15, 0.2) is 5.69 Å². The highest BCUT2D eigenvalue weighted by Crippen LogP contribution is 2.30. The predicted octanol–water partition coefficient (Wildman–Crippen LogP) is 1.76. The SMILES string of the molecule is COc1ccc(-n2nc(C(N)=O)c3c2C(=O)N(c2ccc(-n4ccnc4CN(C)S(C)(=O)=O)cc2)CC3)cc1. The molecule has 39 heavy (non-hydrogen) atoms. The lowest BCUT2D eigenvalue weighted by atomic mass is 10.0. The Kier molecular flexibility index (Phi) is 6.70. The number of sulfonamides is 1. The maximum absolute atomic E-state index is 13.8. The maximum Gasteiger partial charge on any atom is 0.277 e. The molecule has 0 unspecified atom stereocenters. The van der Waals surface area contributed by atoms with Gasteiger partial charge in [-0.25, -0.2) is 18.1 Å². The van der Waals surface area contributed by atoms with Gasteiger partial charge in [0, 0.05) is 42.9 Å². The topological polar surface area (TPSA) is 146 Å². The second kappa shape index (κ2) is 10.0. The highest BCUT2D eigenvalue weighted by molar-refractivity contribution is 7.88. The van der Waals surface area contributed by atoms with Crippen molar-refractivity contribution in [1.29, 1.82) is 0 Å². The number of anilines is 1. The molecule has 1 aliphatic heterocycles. The Morgan fingerprint density at radius 3 is 2.33 bits per heavy atom. The molecular formula is C26H27N7O5S. The number of carbonyl (C=O) groups is 2. The summed E-state index contributed by atoms with van der Waals surface area (Å²) in [5.74, 6) is 0.198. The van der Waals surface area contributed by atoms with E-state index in [-0.39, 0.29) is 23.8 Å². The molecule has 0 saturated heterocycles. The van der Waals surface area contributed by atoms with Crippen LogP contribution < -0.4 is 15.4 Å². The Balaban J connectivity index is 1.46. The van der Waals surface area contributed by atoms with Gasteiger partial charge in [0.25, 0.3) is 11.8 Å². The standard InChI is InChI=1S/C26H27N7O5S/c1-30(39(3,36)37)16-22-28-13-15-31(22)17-4-6-18(7-5-17)32-14-12-21-23(25(27)34)29-33(24(21)26(32)35)19-8-10-20(38-2)11-9-19/h4-11,13,15H,12,14,16H2,1-3H3,(H2,27,34). The number of amides is 2. The number of nitrogens with two attached hydrogens (primary N) is 1. The van der Waals surface area contributed by atoms with Crippen molar-refractivity contribution >= 4 is 27.5 Å². The number of ether oxygens (including phenoxy) is 1. The first-order valence-corrected chi connectivity index (χ1v) is 13.8. The number of benzene rings is 2. The molecule has 0 radical (unpaired) electrons. The lowest BCUT2D eigenvalue weighted by Gasteiger charge is -2.28. The van der Waals surface area contributed by atoms with Crippen LogP contribution in [0.1, 0.15) is 32.4 Å². The molecule has 0 spiro atoms. The molecule has 4 aromatic rings. The molecule has 2 amide bonds. The van der Waals surface area contributed by atoms with Gasteiger partial charge in [0.2, 0.25) is 10.0 Å². The van der Waals surface area contributed by atoms with Crippen molar-refractivity contribution in [2.75, 3.05) is 31.9 Å². The van der Waals surface area contributed by atoms with E-state index in [0.29, 0.717) is 41.5 Å². The first kappa shape index (κ1) is 26.1. The summed E-state index contributed by atoms with van der Waals surface area (Å²) in [5, 5.41) is 4.39. The number of rotatable bonds is 8. The molecule has 12 nitrogen and oxygen atoms in total. The predicted molar refractivity (Wildman–Crippen MR) is 144 cm³/mol. The van der Waals surface area contributed by atoms with Crippen molar-refractivity contribution in [3.63, 3.8) is 0 Å². The van der Waals surface area contributed by atoms with Gasteiger partial charge in [0.1, 0.15) is 17.3 Å². The monoisotopic (exact) mass is 549 g/mol. The zero-order valence-corrected chi connectivity index (χ0v) is 22.4. The largest absolute Gasteiger partial charge is 0.497 e. The average molecular weight is 550 g/mol. The van der Waals surface area contributed by atoms with Crippen molar-refractivity contribution in [3.05, 3.63) is 83.7 Å². The Labute approximate surface area is 225 Å². The van der Waals surface area contributed by atoms with E-state index in [1.807, 2.05) is 24.3 Å². The summed E-state index contributed by atoms with van der Waals surface area (Å²) in [6.07, 6.45) is 4.90. The average Bonchev–Trinajstić information content (AvgIpc) is 3.54. The van der Waals surface area contributed by atoms with E-state index < -0.39 is 15.9 Å². The number of fused-ring (bicyclic) bond motifs is 1. The highest BCUT2D eigenvalue weighted by Gasteiger charge is 2.34. The van der Waals surface area contributed by atoms with Gasteiger partial charge in [-0.3, -0.25) is 9.59 Å². The van der Waals surface area contributed by atoms with Crippen LogP contribution in [0.15, 0.2) is 60.9 Å². The highest BCUT2D eigenvalue weighted by atomic mass is 32.2. The summed E-state index contributed by atoms with van der Waals surface area (Å²) in [5.41, 5.74) is 8.49. The van der Waals surface area contributed by atoms with Crippen LogP contribution in [0.2, 0.25) is 0 Å². The van der Waals surface area contributed by atoms with E-state index >= 15 is 0 Å². The number of imidazole rings is 1. The van der Waals surface area contributed by atoms with Crippen LogP contribution in [0.4, 0.5) is 5.69 Å². The van der Waals surface area contributed by atoms with Gasteiger partial charge in [-0.15, -0.1) is 0 Å². The molecule has 2 aromatic carbocycles. The second-order valence-corrected chi connectivity index (χ2v) is 11.2. The quantitative estimate of drug-likeness (QED) is 0.352. The molecule has 0 saturated carbocycles. The minimum Gasteiger partial charge on any atom is -0.497 e. The third-order valence-corrected chi connectivity index (χ3v) is 7.92. The molecule has 0 atom stereocenters. The zero-order valence-electron chi connectivity index (χ0n) is 21.6. The molecule has 1 aliphatic rings. The number of hydrogen-bond acceptors (Lipinski definition) is 7. The van der Waals surface area contributed by atoms with Crippen molar-refractivity contribution in [3.8, 4) is 17.1 Å². The fourth-order valence-corrected chi connectivity index (χ4v) is 4.86. The van der Waals surface area contributed by atoms with Gasteiger partial charge in [-0.1, -0.05) is 0 Å². The van der Waals surface area contributed by atoms with Crippen LogP contribution in [0, 0.1) is 0 Å². The molecule has 0 aliphatic carbocycles. The van der Waals surface area contributed by atoms with Gasteiger partial charge in [-0.2, -0.15) is 9.40 Å². The second-order valence-electron chi connectivity index (χ2n) is 9.11. The Hall–Kier alpha value is -4.49. The van der Waals surface area contributed by atoms with E-state index in [0.717, 1.165) is 11.9 Å². The van der Waals surface area contributed by atoms with Gasteiger partial charge >= 0.3 is 0 Å². The van der Waals surface area contributed by atoms with Crippen molar-refractivity contribution < 1.29 is 22.7 Å². The molecular weight excluding hydrogens is 522 g/mol. The lowest BCUT2D eigenvalue weighted by molar-refractivity contribution is 0.0972. The van der Waals surface area contributed by atoms with E-state index in [2.05, 4.69) is 10.1 Å². The number of methoxy groups -OCH3 is 1. The molecule has 13 heteroatoms. The van der Waals surface area contributed by atoms with Crippen LogP contribution in [-0.4, -0.2) is 70.8 Å². The van der Waals surface area contributed by atoms with Gasteiger partial charge in [-0.05, 0) is 55.0 Å². The van der Waals surface area contributed by atoms with Crippen LogP contribution >= 0.6 is 0 Å². The van der Waals surface area contributed by atoms with Crippen LogP contribution in [0.5, 0.6) is 5.75 Å². The van der Waals surface area contributed by atoms with Crippen molar-refractivity contribution in [1.82, 2.24) is 23.6 Å². The van der Waals surface area contributed by atoms with Gasteiger partial charge in [0.05, 0.1) is 25.6 Å². The Morgan fingerprint density at radius 2 is 1.72 bits per heavy atom. The summed E-state index contributed by atoms with van der Waals surface area (Å²) < 4.78 is 33.4. The molecule has 2 N–H and O–H groups in total. The smallest absolute Gasteiger partial charge is 0.277 e. The van der Waals surface area contributed by atoms with Crippen molar-refractivity contribution in [2.24, 2.45) is 5.73 Å². The Bertz CT molecular complexity index is 1660. The van der Waals surface area contributed by atoms with E-state index in [9.17, 15) is 18.0 Å². The van der Waals surface area contributed by atoms with Crippen LogP contribution in [0.25, 0.3) is 11.4 Å². The van der Waals surface area contributed by atoms with E-state index in [1.54, 1.807) is 53.2 Å². The minimum absolute atomic E-state index is 0.0795. The normalized spacial score (nSPS) is 13.5. The summed E-state index contributed by atoms with van der Waals surface area (Å²) >= 11 is 0. The lowest BCUT2D eigenvalue weighted by Crippen LogP contribution is -2.39. The third-order valence-electron chi connectivity index (χ3n) is 6.65. The Morgan fingerprint density at radius 1 is 1.08 bits per heavy atom. The third kappa shape index (κ3) is 4.89. The number of nitrogens with zero attached hydrogens (tertiary/aromatic N) is 6. The molecule has 0 bridgehead atoms. The number of primary amides is 1. The summed E-state index contributed by atoms with van der Waals surface area (Å²) in [6, 6.07) is 14.3. The summed E-state index contributed by atoms with van der Waals surface area (Å²) in [4.78, 5) is 31.8. The molecule has 202 valence electrons. The molecule has 3 heterocycles. The maximum atomic E-state index is 13.8. The minimum atomic E-state index is -3.37. The molecule has 5 rings (SSSR count). The fraction of sp³-hybridized carbons (Fsp3) is 0.231. The van der Waals surface area contributed by atoms with Crippen LogP contribution in [-0.2, 0) is 23.0 Å². The number of aromatic nitrogens is 4. The molecule has 2 aromatic heterocycles. The van der Waals surface area contributed by atoms with E-state index in [1.165, 1.54) is 16.0 Å². The number of hydrogen-bond donors (Lipinski definition) is 1. The summed E-state index contributed by atoms with van der Waals surface area (Å²) in [7, 11) is -0.313. The first-order valence-electron chi connectivity index (χ1n) is 12.0. The summed E-state index contributed by atoms with van der Waals surface area (Å²) in [6.45, 7) is 0.452. The van der Waals surface area contributed by atoms with Crippen molar-refractivity contribution in [2.45, 2.75) is 13.0 Å². The first-order chi connectivity index (χ1) is 18.6. The number of carbonyl (C=O) groups excluding carboxylic acids is 2. The molecule has 0 fully saturated rings. The zero-order chi connectivity index (χ0) is 27.9. The van der Waals surface area contributed by atoms with Crippen LogP contribution in [0.3, 0.4) is 0 Å². The fourth-order valence-electron chi connectivity index (χ4n) is 4.51.